The molecule has 2 nitrogen and oxygen atoms in total. The number of halogens is 4. The molecule has 0 saturated carbocycles. The molecule has 126 valence electrons. The lowest BCUT2D eigenvalue weighted by Gasteiger charge is -2.39. The molecule has 1 aliphatic rings. The molecule has 1 heterocycles. The number of alkyl halides is 3. The fraction of sp³-hybridized carbons (Fsp3) is 0.278. The Morgan fingerprint density at radius 3 is 2.29 bits per heavy atom. The number of amides is 1. The molecule has 1 saturated heterocycles. The van der Waals surface area contributed by atoms with E-state index in [4.69, 9.17) is 0 Å². The summed E-state index contributed by atoms with van der Waals surface area (Å²) in [6, 6.07) is 10.8. The van der Waals surface area contributed by atoms with Crippen LogP contribution in [0, 0.1) is 11.7 Å². The minimum Gasteiger partial charge on any atom is -0.338 e. The third-order valence-electron chi connectivity index (χ3n) is 4.17. The van der Waals surface area contributed by atoms with Crippen molar-refractivity contribution in [2.75, 3.05) is 13.1 Å². The van der Waals surface area contributed by atoms with Crippen molar-refractivity contribution in [3.63, 3.8) is 0 Å². The van der Waals surface area contributed by atoms with Gasteiger partial charge in [-0.3, -0.25) is 4.79 Å². The van der Waals surface area contributed by atoms with Crippen LogP contribution in [0.5, 0.6) is 0 Å². The van der Waals surface area contributed by atoms with Gasteiger partial charge in [-0.2, -0.15) is 13.2 Å². The standard InChI is InChI=1S/C18H15F4NO/c19-15-7-5-13(6-8-15)17(24)23-10-12(11-23)9-14-3-1-2-4-16(14)18(20,21)22/h1-8,12H,9-11H2. The lowest BCUT2D eigenvalue weighted by molar-refractivity contribution is -0.138. The van der Waals surface area contributed by atoms with Crippen molar-refractivity contribution in [1.82, 2.24) is 4.90 Å². The van der Waals surface area contributed by atoms with Crippen molar-refractivity contribution >= 4 is 5.91 Å². The summed E-state index contributed by atoms with van der Waals surface area (Å²) in [5.74, 6) is -0.648. The van der Waals surface area contributed by atoms with E-state index in [1.54, 1.807) is 11.0 Å². The minimum atomic E-state index is -4.37. The van der Waals surface area contributed by atoms with Crippen LogP contribution in [-0.2, 0) is 12.6 Å². The number of hydrogen-bond acceptors (Lipinski definition) is 1. The van der Waals surface area contributed by atoms with Gasteiger partial charge in [-0.15, -0.1) is 0 Å². The van der Waals surface area contributed by atoms with E-state index in [-0.39, 0.29) is 23.8 Å². The Bertz CT molecular complexity index is 733. The average Bonchev–Trinajstić information content (AvgIpc) is 2.50. The summed E-state index contributed by atoms with van der Waals surface area (Å²) >= 11 is 0. The zero-order valence-corrected chi connectivity index (χ0v) is 12.7. The molecule has 1 aliphatic heterocycles. The van der Waals surface area contributed by atoms with Crippen LogP contribution in [-0.4, -0.2) is 23.9 Å². The summed E-state index contributed by atoms with van der Waals surface area (Å²) in [5.41, 5.74) is 0.0164. The van der Waals surface area contributed by atoms with Gasteiger partial charge in [-0.05, 0) is 48.2 Å². The zero-order chi connectivity index (χ0) is 17.3. The van der Waals surface area contributed by atoms with Crippen molar-refractivity contribution < 1.29 is 22.4 Å². The van der Waals surface area contributed by atoms with Gasteiger partial charge in [0.2, 0.25) is 0 Å². The zero-order valence-electron chi connectivity index (χ0n) is 12.7. The van der Waals surface area contributed by atoms with Gasteiger partial charge in [0.15, 0.2) is 0 Å². The average molecular weight is 337 g/mol. The molecule has 3 rings (SSSR count). The topological polar surface area (TPSA) is 20.3 Å². The number of carbonyl (C=O) groups excluding carboxylic acids is 1. The first-order chi connectivity index (χ1) is 11.3. The monoisotopic (exact) mass is 337 g/mol. The molecule has 2 aromatic carbocycles. The molecule has 1 fully saturated rings. The van der Waals surface area contributed by atoms with Crippen LogP contribution >= 0.6 is 0 Å². The molecule has 1 amide bonds. The molecular weight excluding hydrogens is 322 g/mol. The van der Waals surface area contributed by atoms with Crippen LogP contribution in [0.2, 0.25) is 0 Å². The lowest BCUT2D eigenvalue weighted by Crippen LogP contribution is -2.50. The highest BCUT2D eigenvalue weighted by Gasteiger charge is 2.36. The van der Waals surface area contributed by atoms with E-state index >= 15 is 0 Å². The third kappa shape index (κ3) is 3.42. The van der Waals surface area contributed by atoms with Gasteiger partial charge in [0.05, 0.1) is 5.56 Å². The van der Waals surface area contributed by atoms with Crippen molar-refractivity contribution in [2.45, 2.75) is 12.6 Å². The Morgan fingerprint density at radius 2 is 1.67 bits per heavy atom. The number of benzene rings is 2. The van der Waals surface area contributed by atoms with Crippen LogP contribution in [0.15, 0.2) is 48.5 Å². The molecule has 0 unspecified atom stereocenters. The number of likely N-dealkylation sites (tertiary alicyclic amines) is 1. The molecule has 0 aromatic heterocycles. The molecule has 0 aliphatic carbocycles. The van der Waals surface area contributed by atoms with Gasteiger partial charge in [-0.1, -0.05) is 18.2 Å². The second-order valence-electron chi connectivity index (χ2n) is 5.94. The van der Waals surface area contributed by atoms with Crippen LogP contribution in [0.3, 0.4) is 0 Å². The molecule has 0 bridgehead atoms. The normalized spacial score (nSPS) is 15.2. The molecule has 2 aromatic rings. The van der Waals surface area contributed by atoms with Gasteiger partial charge < -0.3 is 4.90 Å². The summed E-state index contributed by atoms with van der Waals surface area (Å²) < 4.78 is 51.8. The predicted molar refractivity (Wildman–Crippen MR) is 80.9 cm³/mol. The molecule has 0 radical (unpaired) electrons. The maximum Gasteiger partial charge on any atom is 0.416 e. The number of carbonyl (C=O) groups is 1. The second-order valence-corrected chi connectivity index (χ2v) is 5.94. The highest BCUT2D eigenvalue weighted by atomic mass is 19.4. The summed E-state index contributed by atoms with van der Waals surface area (Å²) in [6.45, 7) is 0.810. The Hall–Kier alpha value is -2.37. The quantitative estimate of drug-likeness (QED) is 0.770. The Labute approximate surface area is 136 Å². The summed E-state index contributed by atoms with van der Waals surface area (Å²) in [4.78, 5) is 13.7. The number of hydrogen-bond donors (Lipinski definition) is 0. The molecule has 24 heavy (non-hydrogen) atoms. The molecule has 0 N–H and O–H groups in total. The maximum absolute atomic E-state index is 13.0. The van der Waals surface area contributed by atoms with Gasteiger partial charge in [0.25, 0.3) is 5.91 Å². The third-order valence-corrected chi connectivity index (χ3v) is 4.17. The summed E-state index contributed by atoms with van der Waals surface area (Å²) in [5, 5.41) is 0. The smallest absolute Gasteiger partial charge is 0.338 e. The predicted octanol–water partition coefficient (Wildman–Crippen LogP) is 4.16. The van der Waals surface area contributed by atoms with E-state index in [1.165, 1.54) is 36.4 Å². The number of rotatable bonds is 3. The Balaban J connectivity index is 1.62. The van der Waals surface area contributed by atoms with Gasteiger partial charge in [0.1, 0.15) is 5.82 Å². The first-order valence-electron chi connectivity index (χ1n) is 7.54. The summed E-state index contributed by atoms with van der Waals surface area (Å²) in [7, 11) is 0. The first kappa shape index (κ1) is 16.5. The van der Waals surface area contributed by atoms with Crippen LogP contribution in [0.1, 0.15) is 21.5 Å². The molecule has 0 atom stereocenters. The van der Waals surface area contributed by atoms with Crippen LogP contribution in [0.25, 0.3) is 0 Å². The van der Waals surface area contributed by atoms with E-state index in [2.05, 4.69) is 0 Å². The lowest BCUT2D eigenvalue weighted by atomic mass is 9.89. The largest absolute Gasteiger partial charge is 0.416 e. The minimum absolute atomic E-state index is 0.00195. The fourth-order valence-corrected chi connectivity index (χ4v) is 2.93. The van der Waals surface area contributed by atoms with E-state index in [1.807, 2.05) is 0 Å². The van der Waals surface area contributed by atoms with Crippen molar-refractivity contribution in [3.8, 4) is 0 Å². The number of nitrogens with zero attached hydrogens (tertiary/aromatic N) is 1. The molecule has 0 spiro atoms. The SMILES string of the molecule is O=C(c1ccc(F)cc1)N1CC(Cc2ccccc2C(F)(F)F)C1. The van der Waals surface area contributed by atoms with Crippen molar-refractivity contribution in [1.29, 1.82) is 0 Å². The highest BCUT2D eigenvalue weighted by Crippen LogP contribution is 2.34. The maximum atomic E-state index is 13.0. The fourth-order valence-electron chi connectivity index (χ4n) is 2.93. The van der Waals surface area contributed by atoms with Gasteiger partial charge in [0, 0.05) is 18.7 Å². The van der Waals surface area contributed by atoms with Crippen LogP contribution in [0.4, 0.5) is 17.6 Å². The Kier molecular flexibility index (Phi) is 4.30. The van der Waals surface area contributed by atoms with Gasteiger partial charge in [-0.25, -0.2) is 4.39 Å². The van der Waals surface area contributed by atoms with E-state index < -0.39 is 17.6 Å². The second kappa shape index (κ2) is 6.26. The van der Waals surface area contributed by atoms with Crippen molar-refractivity contribution in [3.05, 3.63) is 71.0 Å². The molecular formula is C18H15F4NO. The van der Waals surface area contributed by atoms with E-state index in [0.717, 1.165) is 6.07 Å². The van der Waals surface area contributed by atoms with Crippen molar-refractivity contribution in [2.24, 2.45) is 5.92 Å². The first-order valence-corrected chi connectivity index (χ1v) is 7.54. The Morgan fingerprint density at radius 1 is 1.04 bits per heavy atom. The van der Waals surface area contributed by atoms with Gasteiger partial charge >= 0.3 is 6.18 Å². The summed E-state index contributed by atoms with van der Waals surface area (Å²) in [6.07, 6.45) is -4.09. The van der Waals surface area contributed by atoms with Crippen LogP contribution < -0.4 is 0 Å². The van der Waals surface area contributed by atoms with E-state index in [0.29, 0.717) is 18.7 Å². The van der Waals surface area contributed by atoms with E-state index in [9.17, 15) is 22.4 Å². The molecule has 6 heteroatoms. The highest BCUT2D eigenvalue weighted by molar-refractivity contribution is 5.94.